The Labute approximate surface area is 287 Å². The molecule has 47 heavy (non-hydrogen) atoms. The molecule has 280 valence electrons. The third kappa shape index (κ3) is 21.8. The molecule has 7 atom stereocenters. The van der Waals surface area contributed by atoms with Gasteiger partial charge in [0.1, 0.15) is 24.4 Å². The number of rotatable bonds is 32. The van der Waals surface area contributed by atoms with Gasteiger partial charge in [0.05, 0.1) is 25.4 Å². The molecular weight excluding hydrogens is 598 g/mol. The van der Waals surface area contributed by atoms with E-state index in [0.717, 1.165) is 38.5 Å². The number of unbranched alkanes of at least 4 members (excludes halogenated alkanes) is 22. The molecule has 1 aliphatic rings. The highest BCUT2D eigenvalue weighted by atomic mass is 16.7. The van der Waals surface area contributed by atoms with E-state index < -0.39 is 49.5 Å². The van der Waals surface area contributed by atoms with E-state index >= 15 is 0 Å². The van der Waals surface area contributed by atoms with Crippen LogP contribution in [0.25, 0.3) is 0 Å². The lowest BCUT2D eigenvalue weighted by molar-refractivity contribution is -0.302. The van der Waals surface area contributed by atoms with E-state index in [9.17, 15) is 30.3 Å². The molecule has 0 spiro atoms. The van der Waals surface area contributed by atoms with Crippen molar-refractivity contribution in [2.75, 3.05) is 13.2 Å². The average Bonchev–Trinajstić information content (AvgIpc) is 3.07. The number of ether oxygens (including phenoxy) is 2. The van der Waals surface area contributed by atoms with Crippen molar-refractivity contribution in [2.45, 2.75) is 224 Å². The first-order valence-electron chi connectivity index (χ1n) is 19.7. The molecule has 1 aliphatic heterocycles. The molecule has 9 heteroatoms. The lowest BCUT2D eigenvalue weighted by atomic mass is 9.99. The van der Waals surface area contributed by atoms with Gasteiger partial charge in [0.15, 0.2) is 6.29 Å². The van der Waals surface area contributed by atoms with Crippen molar-refractivity contribution < 1.29 is 39.8 Å². The van der Waals surface area contributed by atoms with Crippen molar-refractivity contribution in [3.8, 4) is 0 Å². The first kappa shape index (κ1) is 44.2. The molecule has 0 saturated carbocycles. The zero-order valence-electron chi connectivity index (χ0n) is 30.3. The molecule has 1 rings (SSSR count). The standard InChI is InChI=1S/C38H75NO8/c1-3-5-7-9-11-13-14-15-16-17-18-19-20-22-24-26-28-34(42)39-31(32(41)27-25-23-21-12-10-8-6-4-2)30-46-38-37(45)36(44)35(43)33(29-40)47-38/h31-33,35-38,40-41,43-45H,3-30H2,1-2H3,(H,39,42). The van der Waals surface area contributed by atoms with Gasteiger partial charge in [-0.05, 0) is 12.8 Å². The smallest absolute Gasteiger partial charge is 0.220 e. The molecule has 0 bridgehead atoms. The minimum absolute atomic E-state index is 0.133. The predicted octanol–water partition coefficient (Wildman–Crippen LogP) is 6.83. The summed E-state index contributed by atoms with van der Waals surface area (Å²) in [6.07, 6.45) is 22.6. The summed E-state index contributed by atoms with van der Waals surface area (Å²) in [7, 11) is 0. The van der Waals surface area contributed by atoms with Crippen molar-refractivity contribution >= 4 is 5.91 Å². The number of aliphatic hydroxyl groups is 5. The number of amides is 1. The Balaban J connectivity index is 2.34. The van der Waals surface area contributed by atoms with Crippen LogP contribution in [0.5, 0.6) is 0 Å². The summed E-state index contributed by atoms with van der Waals surface area (Å²) in [4.78, 5) is 12.9. The number of nitrogens with one attached hydrogen (secondary N) is 1. The Morgan fingerprint density at radius 3 is 1.51 bits per heavy atom. The maximum atomic E-state index is 12.9. The molecule has 0 radical (unpaired) electrons. The molecule has 0 aliphatic carbocycles. The van der Waals surface area contributed by atoms with Gasteiger partial charge in [0, 0.05) is 6.42 Å². The van der Waals surface area contributed by atoms with E-state index in [1.165, 1.54) is 116 Å². The van der Waals surface area contributed by atoms with E-state index in [4.69, 9.17) is 9.47 Å². The van der Waals surface area contributed by atoms with Gasteiger partial charge in [-0.25, -0.2) is 0 Å². The minimum Gasteiger partial charge on any atom is -0.394 e. The summed E-state index contributed by atoms with van der Waals surface area (Å²) in [5.41, 5.74) is 0. The molecule has 1 fully saturated rings. The second-order valence-electron chi connectivity index (χ2n) is 14.1. The number of hydrogen-bond acceptors (Lipinski definition) is 8. The zero-order valence-corrected chi connectivity index (χ0v) is 30.3. The first-order valence-corrected chi connectivity index (χ1v) is 19.7. The highest BCUT2D eigenvalue weighted by Crippen LogP contribution is 2.23. The van der Waals surface area contributed by atoms with Gasteiger partial charge in [-0.15, -0.1) is 0 Å². The highest BCUT2D eigenvalue weighted by molar-refractivity contribution is 5.76. The monoisotopic (exact) mass is 674 g/mol. The van der Waals surface area contributed by atoms with Gasteiger partial charge < -0.3 is 40.3 Å². The number of carbonyl (C=O) groups is 1. The van der Waals surface area contributed by atoms with Gasteiger partial charge in [0.25, 0.3) is 0 Å². The molecule has 6 N–H and O–H groups in total. The van der Waals surface area contributed by atoms with Crippen molar-refractivity contribution in [1.82, 2.24) is 5.32 Å². The van der Waals surface area contributed by atoms with E-state index in [2.05, 4.69) is 19.2 Å². The molecule has 1 amide bonds. The molecule has 0 aromatic heterocycles. The van der Waals surface area contributed by atoms with Crippen molar-refractivity contribution in [1.29, 1.82) is 0 Å². The normalized spacial score (nSPS) is 22.7. The third-order valence-electron chi connectivity index (χ3n) is 9.71. The Kier molecular flexibility index (Phi) is 28.3. The fraction of sp³-hybridized carbons (Fsp3) is 0.974. The SMILES string of the molecule is CCCCCCCCCCCCCCCCCCC(=O)NC(COC1OC(CO)C(O)C(O)C1O)C(O)CCCCCCCCCC. The molecule has 1 heterocycles. The van der Waals surface area contributed by atoms with Crippen molar-refractivity contribution in [2.24, 2.45) is 0 Å². The Morgan fingerprint density at radius 1 is 0.638 bits per heavy atom. The van der Waals surface area contributed by atoms with Crippen LogP contribution in [-0.2, 0) is 14.3 Å². The second-order valence-corrected chi connectivity index (χ2v) is 14.1. The number of carbonyl (C=O) groups excluding carboxylic acids is 1. The van der Waals surface area contributed by atoms with Gasteiger partial charge in [0.2, 0.25) is 5.91 Å². The van der Waals surface area contributed by atoms with Crippen molar-refractivity contribution in [3.05, 3.63) is 0 Å². The molecular formula is C38H75NO8. The maximum Gasteiger partial charge on any atom is 0.220 e. The fourth-order valence-electron chi connectivity index (χ4n) is 6.45. The molecule has 9 nitrogen and oxygen atoms in total. The summed E-state index contributed by atoms with van der Waals surface area (Å²) >= 11 is 0. The average molecular weight is 674 g/mol. The minimum atomic E-state index is -1.55. The van der Waals surface area contributed by atoms with Crippen LogP contribution in [0, 0.1) is 0 Å². The molecule has 0 aromatic carbocycles. The zero-order chi connectivity index (χ0) is 34.5. The third-order valence-corrected chi connectivity index (χ3v) is 9.71. The van der Waals surface area contributed by atoms with Crippen LogP contribution in [-0.4, -0.2) is 87.5 Å². The van der Waals surface area contributed by atoms with Crippen LogP contribution in [0.2, 0.25) is 0 Å². The van der Waals surface area contributed by atoms with E-state index in [1.54, 1.807) is 0 Å². The van der Waals surface area contributed by atoms with Crippen LogP contribution < -0.4 is 5.32 Å². The van der Waals surface area contributed by atoms with Crippen molar-refractivity contribution in [3.63, 3.8) is 0 Å². The second kappa shape index (κ2) is 30.1. The largest absolute Gasteiger partial charge is 0.394 e. The van der Waals surface area contributed by atoms with Crippen LogP contribution in [0.4, 0.5) is 0 Å². The van der Waals surface area contributed by atoms with Gasteiger partial charge in [-0.1, -0.05) is 162 Å². The van der Waals surface area contributed by atoms with Crippen LogP contribution in [0.1, 0.15) is 181 Å². The fourth-order valence-corrected chi connectivity index (χ4v) is 6.45. The van der Waals surface area contributed by atoms with E-state index in [-0.39, 0.29) is 12.5 Å². The Bertz CT molecular complexity index is 711. The quantitative estimate of drug-likeness (QED) is 0.0426. The summed E-state index contributed by atoms with van der Waals surface area (Å²) < 4.78 is 11.2. The van der Waals surface area contributed by atoms with Gasteiger partial charge >= 0.3 is 0 Å². The van der Waals surface area contributed by atoms with Gasteiger partial charge in [-0.2, -0.15) is 0 Å². The molecule has 1 saturated heterocycles. The lowest BCUT2D eigenvalue weighted by Gasteiger charge is -2.40. The Morgan fingerprint density at radius 2 is 1.06 bits per heavy atom. The number of aliphatic hydroxyl groups excluding tert-OH is 5. The molecule has 0 aromatic rings. The summed E-state index contributed by atoms with van der Waals surface area (Å²) in [5.74, 6) is -0.146. The van der Waals surface area contributed by atoms with E-state index in [1.807, 2.05) is 0 Å². The molecule has 7 unspecified atom stereocenters. The van der Waals surface area contributed by atoms with Crippen LogP contribution >= 0.6 is 0 Å². The topological polar surface area (TPSA) is 149 Å². The van der Waals surface area contributed by atoms with Crippen LogP contribution in [0.3, 0.4) is 0 Å². The van der Waals surface area contributed by atoms with E-state index in [0.29, 0.717) is 12.8 Å². The number of hydrogen-bond donors (Lipinski definition) is 6. The summed E-state index contributed by atoms with van der Waals surface area (Å²) in [5, 5.41) is 53.9. The summed E-state index contributed by atoms with van der Waals surface area (Å²) in [6.45, 7) is 3.79. The maximum absolute atomic E-state index is 12.9. The predicted molar refractivity (Wildman–Crippen MR) is 189 cm³/mol. The van der Waals surface area contributed by atoms with Crippen LogP contribution in [0.15, 0.2) is 0 Å². The Hall–Kier alpha value is -0.810. The first-order chi connectivity index (χ1) is 22.8. The van der Waals surface area contributed by atoms with Gasteiger partial charge in [-0.3, -0.25) is 4.79 Å². The summed E-state index contributed by atoms with van der Waals surface area (Å²) in [6, 6.07) is -0.708. The highest BCUT2D eigenvalue weighted by Gasteiger charge is 2.44. The lowest BCUT2D eigenvalue weighted by Crippen LogP contribution is -2.60.